The van der Waals surface area contributed by atoms with Crippen LogP contribution in [0.2, 0.25) is 0 Å². The highest BCUT2D eigenvalue weighted by Gasteiger charge is 2.35. The van der Waals surface area contributed by atoms with E-state index in [0.29, 0.717) is 5.65 Å². The minimum absolute atomic E-state index is 0. The van der Waals surface area contributed by atoms with Gasteiger partial charge >= 0.3 is 12.1 Å². The highest BCUT2D eigenvalue weighted by Crippen LogP contribution is 2.36. The number of nitrogens with zero attached hydrogens (tertiary/aromatic N) is 4. The van der Waals surface area contributed by atoms with Gasteiger partial charge in [0.1, 0.15) is 23.4 Å². The van der Waals surface area contributed by atoms with E-state index < -0.39 is 51.5 Å². The lowest BCUT2D eigenvalue weighted by atomic mass is 9.87. The lowest BCUT2D eigenvalue weighted by Gasteiger charge is -2.29. The molecule has 2 heterocycles. The maximum atomic E-state index is 14.1. The Labute approximate surface area is 337 Å². The average molecular weight is 824 g/mol. The van der Waals surface area contributed by atoms with Crippen molar-refractivity contribution in [2.24, 2.45) is 17.1 Å². The molecule has 0 aliphatic heterocycles. The molecule has 0 saturated heterocycles. The van der Waals surface area contributed by atoms with Crippen LogP contribution in [0.15, 0.2) is 90.0 Å². The summed E-state index contributed by atoms with van der Waals surface area (Å²) < 4.78 is 56.5. The maximum absolute atomic E-state index is 14.1. The number of carbonyl (C=O) groups is 3. The molecule has 1 unspecified atom stereocenters. The van der Waals surface area contributed by atoms with Crippen LogP contribution >= 0.6 is 12.4 Å². The minimum atomic E-state index is -3.65. The van der Waals surface area contributed by atoms with E-state index in [1.54, 1.807) is 65.9 Å². The third-order valence-corrected chi connectivity index (χ3v) is 10.3. The molecule has 5 aromatic rings. The lowest BCUT2D eigenvalue weighted by Crippen LogP contribution is -2.46. The SMILES string of the molecule is COc1cc(S(C)(=O)=O)ccc1N(C(=O)OC(OC(=O)[C@@H](N)C(C)(C)C)C(C)C)c1nc2ccc(-c3ccc(CC(=O)[C@H](C)c4ccc(F)cc4)cc3)cn2n1.Cl. The molecule has 0 bridgehead atoms. The Morgan fingerprint density at radius 3 is 2.12 bits per heavy atom. The van der Waals surface area contributed by atoms with E-state index in [0.717, 1.165) is 33.4 Å². The van der Waals surface area contributed by atoms with Crippen LogP contribution in [0, 0.1) is 17.2 Å². The number of amides is 1. The molecule has 3 aromatic carbocycles. The number of pyridine rings is 1. The standard InChI is InChI=1S/C41H46FN5O8S.ClH/c1-24(2)38(54-37(49)36(43)41(4,5)6)55-40(50)47(32-19-18-31(56(8,51)52)22-34(32)53-7)39-44-35-20-15-29(23-46(35)45-39)28-11-9-26(10-12-28)21-33(48)25(3)27-13-16-30(42)17-14-27;/h9-20,22-25,36,38H,21,43H2,1-8H3;1H/t25-,36-,38?;/m1./s1. The summed E-state index contributed by atoms with van der Waals surface area (Å²) in [5.74, 6) is -2.16. The van der Waals surface area contributed by atoms with Crippen molar-refractivity contribution in [3.05, 3.63) is 102 Å². The maximum Gasteiger partial charge on any atom is 0.424 e. The van der Waals surface area contributed by atoms with E-state index in [1.165, 1.54) is 42.0 Å². The van der Waals surface area contributed by atoms with Gasteiger partial charge in [-0.25, -0.2) is 27.0 Å². The first-order valence-electron chi connectivity index (χ1n) is 17.9. The fraction of sp³-hybridized carbons (Fsp3) is 0.341. The predicted octanol–water partition coefficient (Wildman–Crippen LogP) is 7.46. The van der Waals surface area contributed by atoms with Gasteiger partial charge in [-0.3, -0.25) is 9.59 Å². The van der Waals surface area contributed by atoms with E-state index in [4.69, 9.17) is 19.9 Å². The Hall–Kier alpha value is -5.38. The number of Topliss-reactive ketones (excluding diaryl/α,β-unsaturated/α-hetero) is 1. The van der Waals surface area contributed by atoms with Crippen LogP contribution in [0.1, 0.15) is 58.6 Å². The molecule has 2 aromatic heterocycles. The van der Waals surface area contributed by atoms with E-state index >= 15 is 0 Å². The summed E-state index contributed by atoms with van der Waals surface area (Å²) in [6.07, 6.45) is 0.553. The van der Waals surface area contributed by atoms with Gasteiger partial charge in [0, 0.05) is 42.3 Å². The number of carbonyl (C=O) groups excluding carboxylic acids is 3. The lowest BCUT2D eigenvalue weighted by molar-refractivity contribution is -0.178. The topological polar surface area (TPSA) is 172 Å². The van der Waals surface area contributed by atoms with Crippen molar-refractivity contribution in [2.75, 3.05) is 18.3 Å². The summed E-state index contributed by atoms with van der Waals surface area (Å²) in [4.78, 5) is 45.6. The average Bonchev–Trinajstić information content (AvgIpc) is 3.56. The summed E-state index contributed by atoms with van der Waals surface area (Å²) in [6.45, 7) is 10.5. The van der Waals surface area contributed by atoms with Crippen LogP contribution in [0.25, 0.3) is 16.8 Å². The molecule has 0 saturated carbocycles. The van der Waals surface area contributed by atoms with E-state index in [9.17, 15) is 27.2 Å². The molecule has 0 aliphatic carbocycles. The first-order chi connectivity index (χ1) is 26.3. The third-order valence-electron chi connectivity index (χ3n) is 9.22. The van der Waals surface area contributed by atoms with E-state index in [1.807, 2.05) is 30.3 Å². The Morgan fingerprint density at radius 1 is 0.912 bits per heavy atom. The van der Waals surface area contributed by atoms with Gasteiger partial charge in [-0.05, 0) is 58.5 Å². The Morgan fingerprint density at radius 2 is 1.54 bits per heavy atom. The minimum Gasteiger partial charge on any atom is -0.495 e. The number of esters is 1. The molecule has 3 atom stereocenters. The molecule has 16 heteroatoms. The number of hydrogen-bond acceptors (Lipinski definition) is 11. The molecule has 2 N–H and O–H groups in total. The fourth-order valence-electron chi connectivity index (χ4n) is 5.59. The zero-order valence-corrected chi connectivity index (χ0v) is 34.6. The number of sulfone groups is 1. The van der Waals surface area contributed by atoms with Crippen molar-refractivity contribution in [3.8, 4) is 16.9 Å². The van der Waals surface area contributed by atoms with Crippen LogP contribution in [0.5, 0.6) is 5.75 Å². The number of rotatable bonds is 13. The summed E-state index contributed by atoms with van der Waals surface area (Å²) in [5, 5.41) is 4.59. The third kappa shape index (κ3) is 10.5. The number of nitrogens with two attached hydrogens (primary N) is 1. The summed E-state index contributed by atoms with van der Waals surface area (Å²) in [6, 6.07) is 19.8. The van der Waals surface area contributed by atoms with Crippen molar-refractivity contribution in [1.29, 1.82) is 0 Å². The molecular weight excluding hydrogens is 777 g/mol. The fourth-order valence-corrected chi connectivity index (χ4v) is 6.23. The molecule has 304 valence electrons. The predicted molar refractivity (Wildman–Crippen MR) is 216 cm³/mol. The van der Waals surface area contributed by atoms with Gasteiger partial charge in [0.05, 0.1) is 17.7 Å². The van der Waals surface area contributed by atoms with Crippen LogP contribution in [-0.2, 0) is 35.3 Å². The number of ether oxygens (including phenoxy) is 3. The van der Waals surface area contributed by atoms with Crippen molar-refractivity contribution in [3.63, 3.8) is 0 Å². The van der Waals surface area contributed by atoms with Crippen LogP contribution in [-0.4, -0.2) is 66.6 Å². The first kappa shape index (κ1) is 44.3. The molecular formula is C41H47ClFN5O8S. The second-order valence-corrected chi connectivity index (χ2v) is 17.0. The van der Waals surface area contributed by atoms with Gasteiger partial charge < -0.3 is 19.9 Å². The Bertz CT molecular complexity index is 2350. The summed E-state index contributed by atoms with van der Waals surface area (Å²) in [5.41, 5.74) is 9.02. The normalized spacial score (nSPS) is 13.3. The van der Waals surface area contributed by atoms with Crippen LogP contribution < -0.4 is 15.4 Å². The van der Waals surface area contributed by atoms with Crippen LogP contribution in [0.3, 0.4) is 0 Å². The van der Waals surface area contributed by atoms with Gasteiger partial charge in [0.15, 0.2) is 15.5 Å². The highest BCUT2D eigenvalue weighted by atomic mass is 35.5. The molecule has 0 aliphatic rings. The number of halogens is 2. The summed E-state index contributed by atoms with van der Waals surface area (Å²) in [7, 11) is -2.33. The number of hydrogen-bond donors (Lipinski definition) is 1. The molecule has 57 heavy (non-hydrogen) atoms. The van der Waals surface area contributed by atoms with Crippen molar-refractivity contribution >= 4 is 57.4 Å². The number of aromatic nitrogens is 3. The van der Waals surface area contributed by atoms with Crippen LogP contribution in [0.4, 0.5) is 20.8 Å². The molecule has 0 spiro atoms. The van der Waals surface area contributed by atoms with E-state index in [-0.39, 0.29) is 52.7 Å². The Kier molecular flexibility index (Phi) is 13.9. The molecule has 1 amide bonds. The number of ketones is 1. The molecule has 13 nitrogen and oxygen atoms in total. The smallest absolute Gasteiger partial charge is 0.424 e. The monoisotopic (exact) mass is 823 g/mol. The first-order valence-corrected chi connectivity index (χ1v) is 19.7. The highest BCUT2D eigenvalue weighted by molar-refractivity contribution is 7.90. The van der Waals surface area contributed by atoms with Gasteiger partial charge in [0.2, 0.25) is 0 Å². The number of anilines is 2. The van der Waals surface area contributed by atoms with Gasteiger partial charge in [-0.2, -0.15) is 4.98 Å². The second kappa shape index (κ2) is 17.8. The number of fused-ring (bicyclic) bond motifs is 1. The zero-order valence-electron chi connectivity index (χ0n) is 32.9. The van der Waals surface area contributed by atoms with Gasteiger partial charge in [-0.1, -0.05) is 77.9 Å². The van der Waals surface area contributed by atoms with Gasteiger partial charge in [-0.15, -0.1) is 17.5 Å². The molecule has 0 radical (unpaired) electrons. The van der Waals surface area contributed by atoms with Crippen molar-refractivity contribution in [2.45, 2.75) is 71.1 Å². The summed E-state index contributed by atoms with van der Waals surface area (Å²) >= 11 is 0. The number of benzene rings is 3. The van der Waals surface area contributed by atoms with E-state index in [2.05, 4.69) is 10.1 Å². The quantitative estimate of drug-likeness (QED) is 0.0923. The van der Waals surface area contributed by atoms with Crippen molar-refractivity contribution in [1.82, 2.24) is 14.6 Å². The second-order valence-electron chi connectivity index (χ2n) is 15.0. The number of methoxy groups -OCH3 is 1. The van der Waals surface area contributed by atoms with Gasteiger partial charge in [0.25, 0.3) is 12.2 Å². The largest absolute Gasteiger partial charge is 0.495 e. The Balaban J connectivity index is 0.00000720. The molecule has 5 rings (SSSR count). The molecule has 0 fully saturated rings. The van der Waals surface area contributed by atoms with Crippen molar-refractivity contribution < 1.29 is 41.4 Å². The zero-order chi connectivity index (χ0) is 41.1.